The average Bonchev–Trinajstić information content (AvgIpc) is 2.90. The molecular weight excluding hydrogens is 258 g/mol. The number of aryl methyl sites for hydroxylation is 1. The monoisotopic (exact) mass is 275 g/mol. The van der Waals surface area contributed by atoms with Gasteiger partial charge < -0.3 is 19.8 Å². The highest BCUT2D eigenvalue weighted by molar-refractivity contribution is 5.93. The van der Waals surface area contributed by atoms with Crippen molar-refractivity contribution in [3.05, 3.63) is 41.5 Å². The number of H-pyrrole nitrogens is 1. The Balaban J connectivity index is 2.04. The van der Waals surface area contributed by atoms with E-state index in [1.165, 1.54) is 6.33 Å². The molecule has 0 bridgehead atoms. The lowest BCUT2D eigenvalue weighted by molar-refractivity contribution is 0.0945. The molecule has 0 aliphatic carbocycles. The van der Waals surface area contributed by atoms with Gasteiger partial charge in [-0.05, 0) is 24.6 Å². The minimum Gasteiger partial charge on any atom is -0.493 e. The molecule has 0 aliphatic heterocycles. The van der Waals surface area contributed by atoms with E-state index in [0.717, 1.165) is 11.3 Å². The zero-order valence-corrected chi connectivity index (χ0v) is 11.7. The number of hydrogen-bond acceptors (Lipinski definition) is 4. The molecule has 2 N–H and O–H groups in total. The van der Waals surface area contributed by atoms with Gasteiger partial charge in [-0.25, -0.2) is 4.98 Å². The van der Waals surface area contributed by atoms with E-state index >= 15 is 0 Å². The minimum absolute atomic E-state index is 0.210. The Labute approximate surface area is 117 Å². The first-order chi connectivity index (χ1) is 9.65. The number of carbonyl (C=O) groups excluding carboxylic acids is 1. The van der Waals surface area contributed by atoms with Crippen LogP contribution in [0.25, 0.3) is 0 Å². The number of imidazole rings is 1. The van der Waals surface area contributed by atoms with Crippen LogP contribution in [-0.2, 0) is 6.54 Å². The highest BCUT2D eigenvalue weighted by Crippen LogP contribution is 2.27. The highest BCUT2D eigenvalue weighted by atomic mass is 16.5. The Kier molecular flexibility index (Phi) is 4.24. The van der Waals surface area contributed by atoms with Crippen LogP contribution in [0.15, 0.2) is 24.5 Å². The average molecular weight is 275 g/mol. The third-order valence-corrected chi connectivity index (χ3v) is 2.95. The lowest BCUT2D eigenvalue weighted by atomic mass is 10.2. The van der Waals surface area contributed by atoms with Crippen molar-refractivity contribution in [2.24, 2.45) is 0 Å². The van der Waals surface area contributed by atoms with Gasteiger partial charge in [0.25, 0.3) is 5.91 Å². The van der Waals surface area contributed by atoms with Gasteiger partial charge in [0, 0.05) is 12.2 Å². The van der Waals surface area contributed by atoms with Crippen molar-refractivity contribution in [2.75, 3.05) is 14.2 Å². The van der Waals surface area contributed by atoms with E-state index in [9.17, 15) is 4.79 Å². The molecule has 1 aromatic heterocycles. The summed E-state index contributed by atoms with van der Waals surface area (Å²) in [4.78, 5) is 18.8. The number of benzene rings is 1. The van der Waals surface area contributed by atoms with Gasteiger partial charge in [-0.3, -0.25) is 4.79 Å². The molecule has 0 saturated carbocycles. The summed E-state index contributed by atoms with van der Waals surface area (Å²) < 4.78 is 10.4. The summed E-state index contributed by atoms with van der Waals surface area (Å²) >= 11 is 0. The molecule has 0 fully saturated rings. The van der Waals surface area contributed by atoms with E-state index in [-0.39, 0.29) is 5.91 Å². The topological polar surface area (TPSA) is 76.2 Å². The van der Waals surface area contributed by atoms with Gasteiger partial charge in [-0.15, -0.1) is 0 Å². The molecular formula is C14H17N3O3. The fourth-order valence-corrected chi connectivity index (χ4v) is 1.84. The van der Waals surface area contributed by atoms with Crippen LogP contribution in [0.5, 0.6) is 11.5 Å². The van der Waals surface area contributed by atoms with Crippen LogP contribution in [-0.4, -0.2) is 30.1 Å². The van der Waals surface area contributed by atoms with E-state index in [0.29, 0.717) is 23.7 Å². The second-order valence-electron chi connectivity index (χ2n) is 4.25. The zero-order valence-electron chi connectivity index (χ0n) is 11.7. The second-order valence-corrected chi connectivity index (χ2v) is 4.25. The van der Waals surface area contributed by atoms with Crippen LogP contribution in [0.4, 0.5) is 0 Å². The maximum atomic E-state index is 11.9. The quantitative estimate of drug-likeness (QED) is 0.870. The van der Waals surface area contributed by atoms with E-state index in [4.69, 9.17) is 9.47 Å². The number of nitrogens with one attached hydrogen (secondary N) is 2. The van der Waals surface area contributed by atoms with Crippen molar-refractivity contribution < 1.29 is 14.3 Å². The summed E-state index contributed by atoms with van der Waals surface area (Å²) in [5.74, 6) is 1.08. The Hall–Kier alpha value is -2.50. The Morgan fingerprint density at radius 1 is 1.30 bits per heavy atom. The van der Waals surface area contributed by atoms with Gasteiger partial charge in [-0.1, -0.05) is 6.07 Å². The third kappa shape index (κ3) is 2.90. The molecule has 106 valence electrons. The van der Waals surface area contributed by atoms with Gasteiger partial charge in [-0.2, -0.15) is 0 Å². The van der Waals surface area contributed by atoms with Gasteiger partial charge in [0.1, 0.15) is 5.69 Å². The van der Waals surface area contributed by atoms with E-state index in [2.05, 4.69) is 15.3 Å². The predicted molar refractivity (Wildman–Crippen MR) is 74.0 cm³/mol. The first-order valence-corrected chi connectivity index (χ1v) is 6.14. The molecule has 20 heavy (non-hydrogen) atoms. The van der Waals surface area contributed by atoms with Gasteiger partial charge in [0.2, 0.25) is 0 Å². The van der Waals surface area contributed by atoms with Crippen LogP contribution in [0, 0.1) is 6.92 Å². The molecule has 0 aliphatic rings. The number of amides is 1. The first kappa shape index (κ1) is 13.9. The SMILES string of the molecule is COc1ccc(CNC(=O)c2nc[nH]c2C)cc1OC. The maximum Gasteiger partial charge on any atom is 0.272 e. The van der Waals surface area contributed by atoms with Crippen LogP contribution in [0.2, 0.25) is 0 Å². The lowest BCUT2D eigenvalue weighted by Crippen LogP contribution is -2.23. The fraction of sp³-hybridized carbons (Fsp3) is 0.286. The Morgan fingerprint density at radius 2 is 2.05 bits per heavy atom. The molecule has 0 spiro atoms. The summed E-state index contributed by atoms with van der Waals surface area (Å²) in [5, 5.41) is 2.81. The number of hydrogen-bond donors (Lipinski definition) is 2. The van der Waals surface area contributed by atoms with Crippen molar-refractivity contribution in [1.82, 2.24) is 15.3 Å². The smallest absolute Gasteiger partial charge is 0.272 e. The number of rotatable bonds is 5. The maximum absolute atomic E-state index is 11.9. The normalized spacial score (nSPS) is 10.2. The molecule has 0 radical (unpaired) electrons. The fourth-order valence-electron chi connectivity index (χ4n) is 1.84. The van der Waals surface area contributed by atoms with Crippen molar-refractivity contribution in [3.8, 4) is 11.5 Å². The van der Waals surface area contributed by atoms with E-state index < -0.39 is 0 Å². The molecule has 6 heteroatoms. The molecule has 0 saturated heterocycles. The van der Waals surface area contributed by atoms with Crippen LogP contribution < -0.4 is 14.8 Å². The standard InChI is InChI=1S/C14H17N3O3/c1-9-13(17-8-16-9)14(18)15-7-10-4-5-11(19-2)12(6-10)20-3/h4-6,8H,7H2,1-3H3,(H,15,18)(H,16,17). The van der Waals surface area contributed by atoms with Crippen LogP contribution in [0.3, 0.4) is 0 Å². The molecule has 0 unspecified atom stereocenters. The van der Waals surface area contributed by atoms with Crippen LogP contribution in [0.1, 0.15) is 21.7 Å². The summed E-state index contributed by atoms with van der Waals surface area (Å²) in [6, 6.07) is 5.51. The summed E-state index contributed by atoms with van der Waals surface area (Å²) in [5.41, 5.74) is 2.07. The predicted octanol–water partition coefficient (Wildman–Crippen LogP) is 1.67. The van der Waals surface area contributed by atoms with E-state index in [1.54, 1.807) is 27.2 Å². The molecule has 1 amide bonds. The van der Waals surface area contributed by atoms with Crippen molar-refractivity contribution in [1.29, 1.82) is 0 Å². The molecule has 1 aromatic carbocycles. The van der Waals surface area contributed by atoms with Gasteiger partial charge in [0.15, 0.2) is 11.5 Å². The minimum atomic E-state index is -0.210. The number of aromatic amines is 1. The molecule has 2 rings (SSSR count). The van der Waals surface area contributed by atoms with Crippen molar-refractivity contribution in [3.63, 3.8) is 0 Å². The molecule has 0 atom stereocenters. The Bertz CT molecular complexity index is 607. The number of carbonyl (C=O) groups is 1. The summed E-state index contributed by atoms with van der Waals surface area (Å²) in [7, 11) is 3.16. The highest BCUT2D eigenvalue weighted by Gasteiger charge is 2.11. The van der Waals surface area contributed by atoms with Crippen molar-refractivity contribution in [2.45, 2.75) is 13.5 Å². The van der Waals surface area contributed by atoms with Crippen molar-refractivity contribution >= 4 is 5.91 Å². The van der Waals surface area contributed by atoms with Gasteiger partial charge >= 0.3 is 0 Å². The van der Waals surface area contributed by atoms with Crippen LogP contribution >= 0.6 is 0 Å². The zero-order chi connectivity index (χ0) is 14.5. The molecule has 6 nitrogen and oxygen atoms in total. The van der Waals surface area contributed by atoms with E-state index in [1.807, 2.05) is 12.1 Å². The number of ether oxygens (including phenoxy) is 2. The largest absolute Gasteiger partial charge is 0.493 e. The molecule has 1 heterocycles. The number of aromatic nitrogens is 2. The summed E-state index contributed by atoms with van der Waals surface area (Å²) in [6.07, 6.45) is 1.50. The molecule has 2 aromatic rings. The van der Waals surface area contributed by atoms with Gasteiger partial charge in [0.05, 0.1) is 20.5 Å². The first-order valence-electron chi connectivity index (χ1n) is 6.14. The third-order valence-electron chi connectivity index (χ3n) is 2.95. The second kappa shape index (κ2) is 6.10. The summed E-state index contributed by atoms with van der Waals surface area (Å²) in [6.45, 7) is 2.20. The number of methoxy groups -OCH3 is 2. The lowest BCUT2D eigenvalue weighted by Gasteiger charge is -2.10. The number of nitrogens with zero attached hydrogens (tertiary/aromatic N) is 1. The Morgan fingerprint density at radius 3 is 2.65 bits per heavy atom.